The molecule has 0 aliphatic rings. The highest BCUT2D eigenvalue weighted by molar-refractivity contribution is 7.91. The van der Waals surface area contributed by atoms with Crippen LogP contribution in [0.4, 0.5) is 0 Å². The van der Waals surface area contributed by atoms with E-state index in [0.29, 0.717) is 12.8 Å². The van der Waals surface area contributed by atoms with E-state index in [-0.39, 0.29) is 17.3 Å². The van der Waals surface area contributed by atoms with Gasteiger partial charge in [-0.1, -0.05) is 25.1 Å². The summed E-state index contributed by atoms with van der Waals surface area (Å²) in [5, 5.41) is 0. The third-order valence-corrected chi connectivity index (χ3v) is 4.85. The van der Waals surface area contributed by atoms with Gasteiger partial charge >= 0.3 is 0 Å². The Hall–Kier alpha value is -1.16. The molecule has 4 heteroatoms. The Morgan fingerprint density at radius 2 is 1.72 bits per heavy atom. The van der Waals surface area contributed by atoms with Crippen molar-refractivity contribution < 1.29 is 13.2 Å². The van der Waals surface area contributed by atoms with Gasteiger partial charge in [0, 0.05) is 17.7 Å². The van der Waals surface area contributed by atoms with Crippen molar-refractivity contribution in [3.8, 4) is 0 Å². The van der Waals surface area contributed by atoms with Gasteiger partial charge in [0.05, 0.1) is 5.75 Å². The lowest BCUT2D eigenvalue weighted by molar-refractivity contribution is 0.0981. The molecule has 0 radical (unpaired) electrons. The molecule has 100 valence electrons. The molecule has 1 aromatic rings. The molecule has 3 nitrogen and oxygen atoms in total. The summed E-state index contributed by atoms with van der Waals surface area (Å²) < 4.78 is 22.7. The number of carbonyl (C=O) groups excluding carboxylic acids is 1. The predicted octanol–water partition coefficient (Wildman–Crippen LogP) is 2.70. The maximum atomic E-state index is 12.1. The van der Waals surface area contributed by atoms with Crippen molar-refractivity contribution in [1.82, 2.24) is 0 Å². The van der Waals surface area contributed by atoms with Gasteiger partial charge in [-0.25, -0.2) is 8.42 Å². The number of rotatable bonds is 6. The number of hydrogen-bond donors (Lipinski definition) is 0. The Kier molecular flexibility index (Phi) is 5.08. The van der Waals surface area contributed by atoms with Crippen molar-refractivity contribution in [1.29, 1.82) is 0 Å². The largest absolute Gasteiger partial charge is 0.294 e. The van der Waals surface area contributed by atoms with Crippen LogP contribution in [0.15, 0.2) is 18.2 Å². The molecule has 0 amide bonds. The van der Waals surface area contributed by atoms with E-state index in [4.69, 9.17) is 0 Å². The molecule has 0 bridgehead atoms. The summed E-state index contributed by atoms with van der Waals surface area (Å²) in [7, 11) is -2.97. The second kappa shape index (κ2) is 6.14. The first kappa shape index (κ1) is 14.9. The molecule has 0 fully saturated rings. The highest BCUT2D eigenvalue weighted by Gasteiger charge is 2.13. The molecule has 0 aliphatic carbocycles. The second-order valence-corrected chi connectivity index (χ2v) is 7.00. The number of Topliss-reactive ketones (excluding diaryl/α,β-unsaturated/α-hetero) is 1. The summed E-state index contributed by atoms with van der Waals surface area (Å²) in [5.41, 5.74) is 2.66. The van der Waals surface area contributed by atoms with Crippen LogP contribution in [-0.4, -0.2) is 25.7 Å². The molecule has 0 atom stereocenters. The Balaban J connectivity index is 2.67. The van der Waals surface area contributed by atoms with Gasteiger partial charge in [0.1, 0.15) is 9.84 Å². The molecular formula is C14H20O3S. The normalized spacial score (nSPS) is 11.5. The quantitative estimate of drug-likeness (QED) is 0.745. The minimum Gasteiger partial charge on any atom is -0.294 e. The molecule has 0 N–H and O–H groups in total. The summed E-state index contributed by atoms with van der Waals surface area (Å²) in [6, 6.07) is 5.73. The minimum absolute atomic E-state index is 0.0388. The number of benzene rings is 1. The van der Waals surface area contributed by atoms with E-state index in [1.54, 1.807) is 6.92 Å². The van der Waals surface area contributed by atoms with Crippen molar-refractivity contribution in [2.75, 3.05) is 11.5 Å². The summed E-state index contributed by atoms with van der Waals surface area (Å²) in [4.78, 5) is 12.1. The Morgan fingerprint density at radius 1 is 1.17 bits per heavy atom. The van der Waals surface area contributed by atoms with Gasteiger partial charge in [0.25, 0.3) is 0 Å². The average Bonchev–Trinajstić information content (AvgIpc) is 2.28. The molecule has 1 aromatic carbocycles. The van der Waals surface area contributed by atoms with Crippen LogP contribution in [0.2, 0.25) is 0 Å². The Morgan fingerprint density at radius 3 is 2.22 bits per heavy atom. The summed E-state index contributed by atoms with van der Waals surface area (Å²) in [6.07, 6.45) is 0.702. The lowest BCUT2D eigenvalue weighted by atomic mass is 9.97. The van der Waals surface area contributed by atoms with Crippen molar-refractivity contribution in [2.24, 2.45) is 0 Å². The fourth-order valence-electron chi connectivity index (χ4n) is 1.98. The van der Waals surface area contributed by atoms with Crippen LogP contribution in [0.1, 0.15) is 41.3 Å². The minimum atomic E-state index is -2.97. The Bertz CT molecular complexity index is 510. The van der Waals surface area contributed by atoms with E-state index in [9.17, 15) is 13.2 Å². The molecule has 0 saturated heterocycles. The van der Waals surface area contributed by atoms with Crippen LogP contribution in [0.5, 0.6) is 0 Å². The van der Waals surface area contributed by atoms with Crippen LogP contribution in [0.3, 0.4) is 0 Å². The van der Waals surface area contributed by atoms with Crippen LogP contribution in [-0.2, 0) is 9.84 Å². The van der Waals surface area contributed by atoms with Crippen LogP contribution in [0.25, 0.3) is 0 Å². The zero-order valence-electron chi connectivity index (χ0n) is 11.2. The van der Waals surface area contributed by atoms with E-state index < -0.39 is 9.84 Å². The van der Waals surface area contributed by atoms with Crippen LogP contribution < -0.4 is 0 Å². The first-order chi connectivity index (χ1) is 8.37. The molecule has 0 spiro atoms. The molecule has 1 rings (SSSR count). The lowest BCUT2D eigenvalue weighted by Gasteiger charge is -2.08. The number of carbonyl (C=O) groups is 1. The van der Waals surface area contributed by atoms with Gasteiger partial charge in [0.2, 0.25) is 0 Å². The van der Waals surface area contributed by atoms with E-state index >= 15 is 0 Å². The molecular weight excluding hydrogens is 248 g/mol. The maximum Gasteiger partial charge on any atom is 0.163 e. The zero-order chi connectivity index (χ0) is 13.8. The molecule has 0 unspecified atom stereocenters. The second-order valence-electron chi connectivity index (χ2n) is 4.53. The monoisotopic (exact) mass is 268 g/mol. The number of aryl methyl sites for hydroxylation is 2. The third-order valence-electron chi connectivity index (χ3n) is 3.06. The SMILES string of the molecule is CCS(=O)(=O)CCCC(=O)c1c(C)cccc1C. The van der Waals surface area contributed by atoms with Crippen molar-refractivity contribution in [3.05, 3.63) is 34.9 Å². The van der Waals surface area contributed by atoms with Crippen LogP contribution >= 0.6 is 0 Å². The number of sulfone groups is 1. The fraction of sp³-hybridized carbons (Fsp3) is 0.500. The Labute approximate surface area is 109 Å². The van der Waals surface area contributed by atoms with E-state index in [1.807, 2.05) is 32.0 Å². The van der Waals surface area contributed by atoms with Gasteiger partial charge in [-0.3, -0.25) is 4.79 Å². The van der Waals surface area contributed by atoms with Gasteiger partial charge in [-0.05, 0) is 31.4 Å². The summed E-state index contributed by atoms with van der Waals surface area (Å²) >= 11 is 0. The van der Waals surface area contributed by atoms with Crippen molar-refractivity contribution >= 4 is 15.6 Å². The van der Waals surface area contributed by atoms with Gasteiger partial charge in [0.15, 0.2) is 5.78 Å². The third kappa shape index (κ3) is 3.95. The fourth-order valence-corrected chi connectivity index (χ4v) is 2.85. The summed E-state index contributed by atoms with van der Waals surface area (Å²) in [5.74, 6) is 0.280. The molecule has 0 aliphatic heterocycles. The van der Waals surface area contributed by atoms with Gasteiger partial charge in [-0.15, -0.1) is 0 Å². The first-order valence-corrected chi connectivity index (χ1v) is 7.99. The topological polar surface area (TPSA) is 51.2 Å². The number of ketones is 1. The van der Waals surface area contributed by atoms with Gasteiger partial charge in [-0.2, -0.15) is 0 Å². The molecule has 0 saturated carbocycles. The van der Waals surface area contributed by atoms with Crippen molar-refractivity contribution in [3.63, 3.8) is 0 Å². The smallest absolute Gasteiger partial charge is 0.163 e. The summed E-state index contributed by atoms with van der Waals surface area (Å²) in [6.45, 7) is 5.44. The van der Waals surface area contributed by atoms with E-state index in [2.05, 4.69) is 0 Å². The maximum absolute atomic E-state index is 12.1. The highest BCUT2D eigenvalue weighted by atomic mass is 32.2. The number of hydrogen-bond acceptors (Lipinski definition) is 3. The molecule has 0 aromatic heterocycles. The lowest BCUT2D eigenvalue weighted by Crippen LogP contribution is -2.11. The van der Waals surface area contributed by atoms with Gasteiger partial charge < -0.3 is 0 Å². The van der Waals surface area contributed by atoms with E-state index in [0.717, 1.165) is 16.7 Å². The predicted molar refractivity (Wildman–Crippen MR) is 73.8 cm³/mol. The first-order valence-electron chi connectivity index (χ1n) is 6.17. The highest BCUT2D eigenvalue weighted by Crippen LogP contribution is 2.16. The van der Waals surface area contributed by atoms with Crippen molar-refractivity contribution in [2.45, 2.75) is 33.6 Å². The standard InChI is InChI=1S/C14H20O3S/c1-4-18(16,17)10-6-9-13(15)14-11(2)7-5-8-12(14)3/h5,7-8H,4,6,9-10H2,1-3H3. The van der Waals surface area contributed by atoms with E-state index in [1.165, 1.54) is 0 Å². The zero-order valence-corrected chi connectivity index (χ0v) is 12.0. The molecule has 0 heterocycles. The molecule has 18 heavy (non-hydrogen) atoms. The average molecular weight is 268 g/mol. The van der Waals surface area contributed by atoms with Crippen LogP contribution in [0, 0.1) is 13.8 Å².